The van der Waals surface area contributed by atoms with Gasteiger partial charge in [-0.15, -0.1) is 0 Å². The largest absolute Gasteiger partial charge is 2.00 e. The molecule has 0 fully saturated rings. The van der Waals surface area contributed by atoms with Crippen molar-refractivity contribution >= 4 is 23.1 Å². The van der Waals surface area contributed by atoms with Gasteiger partial charge in [-0.05, 0) is 37.8 Å². The third-order valence-corrected chi connectivity index (χ3v) is 3.95. The van der Waals surface area contributed by atoms with E-state index in [0.717, 1.165) is 11.8 Å². The van der Waals surface area contributed by atoms with Crippen molar-refractivity contribution in [3.05, 3.63) is 0 Å². The molecule has 0 heterocycles. The molecule has 0 amide bonds. The second-order valence-corrected chi connectivity index (χ2v) is 5.49. The van der Waals surface area contributed by atoms with Crippen LogP contribution in [0, 0.1) is 11.8 Å². The van der Waals surface area contributed by atoms with E-state index < -0.39 is 0 Å². The van der Waals surface area contributed by atoms with Crippen LogP contribution in [0.1, 0.15) is 79.1 Å². The van der Waals surface area contributed by atoms with Gasteiger partial charge in [0.05, 0.1) is 0 Å². The second kappa shape index (κ2) is 22.6. The van der Waals surface area contributed by atoms with Crippen molar-refractivity contribution in [2.75, 3.05) is 13.1 Å². The summed E-state index contributed by atoms with van der Waals surface area (Å²) in [4.78, 5) is 0. The summed E-state index contributed by atoms with van der Waals surface area (Å²) in [5, 5.41) is 3.71. The average Bonchev–Trinajstić information content (AvgIpc) is 2.37. The van der Waals surface area contributed by atoms with Crippen LogP contribution in [0.4, 0.5) is 0 Å². The minimum absolute atomic E-state index is 0. The molecule has 1 nitrogen and oxygen atoms in total. The molecule has 0 aromatic rings. The third kappa shape index (κ3) is 17.4. The average molecular weight is 337 g/mol. The first-order valence-electron chi connectivity index (χ1n) is 7.99. The summed E-state index contributed by atoms with van der Waals surface area (Å²) in [6.07, 6.45) is 10.9. The maximum absolute atomic E-state index is 3.71. The van der Waals surface area contributed by atoms with E-state index >= 15 is 0 Å². The molecule has 0 bridgehead atoms. The second-order valence-electron chi connectivity index (χ2n) is 5.49. The van der Waals surface area contributed by atoms with Gasteiger partial charge in [-0.1, -0.05) is 66.2 Å². The van der Waals surface area contributed by atoms with Crippen LogP contribution >= 0.6 is 0 Å². The molecule has 20 heavy (non-hydrogen) atoms. The Morgan fingerprint density at radius 2 is 1.05 bits per heavy atom. The van der Waals surface area contributed by atoms with Crippen LogP contribution in [0.25, 0.3) is 0 Å². The summed E-state index contributed by atoms with van der Waals surface area (Å²) < 4.78 is 0. The molecule has 120 valence electrons. The summed E-state index contributed by atoms with van der Waals surface area (Å²) in [7, 11) is 0. The number of hydrogen-bond donors (Lipinski definition) is 1. The van der Waals surface area contributed by atoms with E-state index in [9.17, 15) is 0 Å². The number of hydrogen-bond acceptors (Lipinski definition) is 1. The minimum atomic E-state index is 0. The summed E-state index contributed by atoms with van der Waals surface area (Å²) >= 11 is 0. The van der Waals surface area contributed by atoms with Crippen molar-refractivity contribution < 1.29 is 24.8 Å². The third-order valence-electron chi connectivity index (χ3n) is 3.95. The smallest absolute Gasteiger partial charge is 1.00 e. The normalized spacial score (nSPS) is 12.6. The van der Waals surface area contributed by atoms with E-state index in [4.69, 9.17) is 0 Å². The predicted octanol–water partition coefficient (Wildman–Crippen LogP) is -1.36. The van der Waals surface area contributed by atoms with Crippen molar-refractivity contribution in [3.63, 3.8) is 0 Å². The van der Waals surface area contributed by atoms with Crippen LogP contribution in [0.2, 0.25) is 0 Å². The summed E-state index contributed by atoms with van der Waals surface area (Å²) in [6.45, 7) is 11.7. The Balaban J connectivity index is -0.000000427. The molecule has 2 unspecified atom stereocenters. The zero-order chi connectivity index (χ0) is 12.9. The number of unbranched alkanes of at least 4 members (excludes halogenated alkanes) is 2. The van der Waals surface area contributed by atoms with Gasteiger partial charge in [0.15, 0.2) is 0 Å². The number of halogens is 2. The molecule has 4 heteroatoms. The van der Waals surface area contributed by atoms with Crippen molar-refractivity contribution in [1.29, 1.82) is 0 Å². The topological polar surface area (TPSA) is 12.0 Å². The van der Waals surface area contributed by atoms with Crippen LogP contribution in [0.3, 0.4) is 0 Å². The van der Waals surface area contributed by atoms with Gasteiger partial charge >= 0.3 is 23.1 Å². The standard InChI is InChI=1S/C16H35N.2ClH.Mg/c1-5-9-11-15(7-3)13-17-14-16(8-4)12-10-6-2;;;/h15-17H,5-14H2,1-4H3;2*1H;/q;;;+2/p-2. The van der Waals surface area contributed by atoms with Crippen molar-refractivity contribution in [2.24, 2.45) is 11.8 Å². The van der Waals surface area contributed by atoms with Gasteiger partial charge in [0, 0.05) is 0 Å². The molecule has 0 radical (unpaired) electrons. The minimum Gasteiger partial charge on any atom is -1.00 e. The van der Waals surface area contributed by atoms with Gasteiger partial charge in [0.1, 0.15) is 0 Å². The summed E-state index contributed by atoms with van der Waals surface area (Å²) in [6, 6.07) is 0. The fourth-order valence-corrected chi connectivity index (χ4v) is 2.38. The van der Waals surface area contributed by atoms with Crippen molar-refractivity contribution in [2.45, 2.75) is 79.1 Å². The van der Waals surface area contributed by atoms with E-state index in [1.54, 1.807) is 0 Å². The van der Waals surface area contributed by atoms with Crippen molar-refractivity contribution in [3.8, 4) is 0 Å². The van der Waals surface area contributed by atoms with E-state index in [2.05, 4.69) is 33.0 Å². The molecule has 0 spiro atoms. The number of rotatable bonds is 12. The van der Waals surface area contributed by atoms with Crippen molar-refractivity contribution in [1.82, 2.24) is 5.32 Å². The Hall–Kier alpha value is 1.31. The van der Waals surface area contributed by atoms with Crippen LogP contribution in [-0.4, -0.2) is 36.1 Å². The quantitative estimate of drug-likeness (QED) is 0.434. The molecule has 0 aliphatic heterocycles. The van der Waals surface area contributed by atoms with Crippen LogP contribution in [-0.2, 0) is 0 Å². The fourth-order valence-electron chi connectivity index (χ4n) is 2.38. The molecule has 0 rings (SSSR count). The fraction of sp³-hybridized carbons (Fsp3) is 1.00. The Morgan fingerprint density at radius 3 is 1.30 bits per heavy atom. The molecule has 2 atom stereocenters. The molecule has 0 aromatic heterocycles. The first-order valence-corrected chi connectivity index (χ1v) is 7.99. The van der Waals surface area contributed by atoms with E-state index in [1.807, 2.05) is 0 Å². The molecule has 0 saturated carbocycles. The maximum atomic E-state index is 3.71. The first-order chi connectivity index (χ1) is 8.28. The van der Waals surface area contributed by atoms with Gasteiger partial charge in [0.25, 0.3) is 0 Å². The van der Waals surface area contributed by atoms with Gasteiger partial charge in [-0.25, -0.2) is 0 Å². The van der Waals surface area contributed by atoms with Crippen LogP contribution in [0.15, 0.2) is 0 Å². The summed E-state index contributed by atoms with van der Waals surface area (Å²) in [5.74, 6) is 1.80. The van der Waals surface area contributed by atoms with Gasteiger partial charge in [-0.2, -0.15) is 0 Å². The van der Waals surface area contributed by atoms with Gasteiger partial charge < -0.3 is 30.1 Å². The molecule has 0 aliphatic rings. The zero-order valence-electron chi connectivity index (χ0n) is 14.2. The van der Waals surface area contributed by atoms with Crippen LogP contribution < -0.4 is 30.1 Å². The Morgan fingerprint density at radius 1 is 0.700 bits per heavy atom. The predicted molar refractivity (Wildman–Crippen MR) is 85.2 cm³/mol. The zero-order valence-corrected chi connectivity index (χ0v) is 17.1. The van der Waals surface area contributed by atoms with Crippen LogP contribution in [0.5, 0.6) is 0 Å². The molecule has 0 aromatic carbocycles. The molecule has 0 aliphatic carbocycles. The SMILES string of the molecule is CCCCC(CC)CNCC(CC)CCCC.[Cl-].[Cl-].[Mg+2]. The monoisotopic (exact) mass is 335 g/mol. The Labute approximate surface area is 156 Å². The van der Waals surface area contributed by atoms with E-state index in [0.29, 0.717) is 0 Å². The molecular weight excluding hydrogens is 301 g/mol. The van der Waals surface area contributed by atoms with Gasteiger partial charge in [0.2, 0.25) is 0 Å². The van der Waals surface area contributed by atoms with E-state index in [1.165, 1.54) is 64.5 Å². The van der Waals surface area contributed by atoms with Gasteiger partial charge in [-0.3, -0.25) is 0 Å². The Bertz CT molecular complexity index is 143. The maximum Gasteiger partial charge on any atom is 2.00 e. The van der Waals surface area contributed by atoms with E-state index in [-0.39, 0.29) is 47.9 Å². The summed E-state index contributed by atoms with van der Waals surface area (Å²) in [5.41, 5.74) is 0. The molecule has 0 saturated heterocycles. The molecule has 1 N–H and O–H groups in total. The Kier molecular flexibility index (Phi) is 33.1. The first kappa shape index (κ1) is 29.3. The number of nitrogens with one attached hydrogen (secondary N) is 1. The molecular formula is C16H35Cl2MgN.